The molecule has 7 nitrogen and oxygen atoms in total. The molecule has 0 saturated carbocycles. The highest BCUT2D eigenvalue weighted by Crippen LogP contribution is 2.14. The lowest BCUT2D eigenvalue weighted by molar-refractivity contribution is -0.384. The molecule has 3 N–H and O–H groups in total. The van der Waals surface area contributed by atoms with Crippen molar-refractivity contribution in [3.63, 3.8) is 0 Å². The number of rotatable bonds is 6. The molecule has 1 amide bonds. The monoisotopic (exact) mass is 339 g/mol. The lowest BCUT2D eigenvalue weighted by Crippen LogP contribution is -2.46. The van der Waals surface area contributed by atoms with E-state index in [1.807, 2.05) is 0 Å². The number of carbonyl (C=O) groups excluding carboxylic acids is 1. The summed E-state index contributed by atoms with van der Waals surface area (Å²) in [4.78, 5) is 22.6. The first kappa shape index (κ1) is 19.0. The molecule has 126 valence electrons. The zero-order valence-corrected chi connectivity index (χ0v) is 14.2. The summed E-state index contributed by atoms with van der Waals surface area (Å²) in [5, 5.41) is 13.4. The first-order valence-corrected chi connectivity index (χ1v) is 7.49. The van der Waals surface area contributed by atoms with Gasteiger partial charge in [-0.3, -0.25) is 10.1 Å². The minimum Gasteiger partial charge on any atom is -0.444 e. The molecule has 0 aliphatic carbocycles. The topological polar surface area (TPSA) is 107 Å². The lowest BCUT2D eigenvalue weighted by Gasteiger charge is -2.24. The normalized spacial score (nSPS) is 12.3. The van der Waals surface area contributed by atoms with Crippen LogP contribution in [0.3, 0.4) is 0 Å². The van der Waals surface area contributed by atoms with Gasteiger partial charge in [0.25, 0.3) is 5.69 Å². The van der Waals surface area contributed by atoms with Crippen LogP contribution in [-0.2, 0) is 11.2 Å². The number of hydrogen-bond acceptors (Lipinski definition) is 6. The Morgan fingerprint density at radius 3 is 2.39 bits per heavy atom. The molecule has 0 spiro atoms. The van der Waals surface area contributed by atoms with Gasteiger partial charge in [-0.2, -0.15) is 0 Å². The first-order valence-electron chi connectivity index (χ1n) is 7.08. The maximum absolute atomic E-state index is 11.9. The predicted molar refractivity (Wildman–Crippen MR) is 91.6 cm³/mol. The van der Waals surface area contributed by atoms with Crippen molar-refractivity contribution in [3.05, 3.63) is 39.9 Å². The molecule has 0 heterocycles. The van der Waals surface area contributed by atoms with Gasteiger partial charge in [0.1, 0.15) is 5.60 Å². The summed E-state index contributed by atoms with van der Waals surface area (Å²) in [6.07, 6.45) is -0.201. The molecule has 0 aliphatic heterocycles. The van der Waals surface area contributed by atoms with Crippen LogP contribution >= 0.6 is 12.2 Å². The summed E-state index contributed by atoms with van der Waals surface area (Å²) in [7, 11) is 0. The van der Waals surface area contributed by atoms with E-state index in [0.717, 1.165) is 5.56 Å². The molecule has 1 aromatic rings. The zero-order chi connectivity index (χ0) is 17.6. The Labute approximate surface area is 140 Å². The van der Waals surface area contributed by atoms with E-state index < -0.39 is 22.7 Å². The third-order valence-electron chi connectivity index (χ3n) is 2.87. The second kappa shape index (κ2) is 7.98. The third-order valence-corrected chi connectivity index (χ3v) is 3.32. The van der Waals surface area contributed by atoms with Crippen molar-refractivity contribution < 1.29 is 14.5 Å². The summed E-state index contributed by atoms with van der Waals surface area (Å²) in [6, 6.07) is 5.59. The Kier molecular flexibility index (Phi) is 6.59. The van der Waals surface area contributed by atoms with Gasteiger partial charge in [-0.1, -0.05) is 24.4 Å². The molecule has 1 aromatic carbocycles. The Balaban J connectivity index is 2.80. The third kappa shape index (κ3) is 6.70. The molecule has 0 unspecified atom stereocenters. The summed E-state index contributed by atoms with van der Waals surface area (Å²) in [5.74, 6) is 0. The second-order valence-electron chi connectivity index (χ2n) is 6.00. The average molecular weight is 339 g/mol. The van der Waals surface area contributed by atoms with Crippen molar-refractivity contribution in [2.24, 2.45) is 5.73 Å². The summed E-state index contributed by atoms with van der Waals surface area (Å²) in [6.45, 7) is 5.43. The summed E-state index contributed by atoms with van der Waals surface area (Å²) >= 11 is 5.20. The molecule has 8 heteroatoms. The van der Waals surface area contributed by atoms with Gasteiger partial charge in [-0.15, -0.1) is 0 Å². The SMILES string of the molecule is CC(C)(C)OC(=O)N[C@@H](Cc1ccc([N+](=O)[O-])cc1)C(=S)CN. The highest BCUT2D eigenvalue weighted by molar-refractivity contribution is 7.80. The van der Waals surface area contributed by atoms with Crippen molar-refractivity contribution >= 4 is 28.9 Å². The van der Waals surface area contributed by atoms with E-state index in [-0.39, 0.29) is 12.2 Å². The highest BCUT2D eigenvalue weighted by Gasteiger charge is 2.22. The molecule has 1 atom stereocenters. The number of nitrogens with zero attached hydrogens (tertiary/aromatic N) is 1. The van der Waals surface area contributed by atoms with Crippen LogP contribution in [0, 0.1) is 10.1 Å². The quantitative estimate of drug-likeness (QED) is 0.468. The number of carbonyl (C=O) groups is 1. The number of non-ortho nitro benzene ring substituents is 1. The molecule has 0 saturated heterocycles. The number of nitrogens with two attached hydrogens (primary N) is 1. The van der Waals surface area contributed by atoms with E-state index in [4.69, 9.17) is 22.7 Å². The molecule has 0 bridgehead atoms. The van der Waals surface area contributed by atoms with Gasteiger partial charge in [-0.25, -0.2) is 4.79 Å². The van der Waals surface area contributed by atoms with E-state index in [1.54, 1.807) is 32.9 Å². The van der Waals surface area contributed by atoms with Gasteiger partial charge in [0, 0.05) is 23.5 Å². The van der Waals surface area contributed by atoms with Crippen LogP contribution in [0.5, 0.6) is 0 Å². The number of nitro benzene ring substituents is 1. The Morgan fingerprint density at radius 2 is 1.96 bits per heavy atom. The van der Waals surface area contributed by atoms with Crippen molar-refractivity contribution in [2.75, 3.05) is 6.54 Å². The van der Waals surface area contributed by atoms with Crippen LogP contribution in [-0.4, -0.2) is 34.1 Å². The molecule has 0 fully saturated rings. The molecule has 23 heavy (non-hydrogen) atoms. The van der Waals surface area contributed by atoms with Gasteiger partial charge in [0.15, 0.2) is 0 Å². The van der Waals surface area contributed by atoms with Crippen LogP contribution in [0.15, 0.2) is 24.3 Å². The smallest absolute Gasteiger partial charge is 0.408 e. The first-order chi connectivity index (χ1) is 10.6. The van der Waals surface area contributed by atoms with E-state index in [2.05, 4.69) is 5.32 Å². The molecule has 0 aliphatic rings. The van der Waals surface area contributed by atoms with Gasteiger partial charge < -0.3 is 15.8 Å². The van der Waals surface area contributed by atoms with Gasteiger partial charge >= 0.3 is 6.09 Å². The fourth-order valence-electron chi connectivity index (χ4n) is 1.83. The zero-order valence-electron chi connectivity index (χ0n) is 13.4. The van der Waals surface area contributed by atoms with E-state index in [0.29, 0.717) is 11.3 Å². The van der Waals surface area contributed by atoms with Crippen molar-refractivity contribution in [2.45, 2.75) is 38.8 Å². The Bertz CT molecular complexity index is 581. The number of ether oxygens (including phenoxy) is 1. The van der Waals surface area contributed by atoms with Gasteiger partial charge in [0.05, 0.1) is 11.0 Å². The van der Waals surface area contributed by atoms with E-state index in [1.165, 1.54) is 12.1 Å². The Hall–Kier alpha value is -2.06. The molecule has 1 rings (SSSR count). The maximum atomic E-state index is 11.9. The average Bonchev–Trinajstić information content (AvgIpc) is 2.44. The van der Waals surface area contributed by atoms with Crippen molar-refractivity contribution in [1.82, 2.24) is 5.32 Å². The fraction of sp³-hybridized carbons (Fsp3) is 0.467. The lowest BCUT2D eigenvalue weighted by atomic mass is 10.0. The van der Waals surface area contributed by atoms with Crippen molar-refractivity contribution in [1.29, 1.82) is 0 Å². The van der Waals surface area contributed by atoms with Crippen LogP contribution in [0.4, 0.5) is 10.5 Å². The van der Waals surface area contributed by atoms with Gasteiger partial charge in [0.2, 0.25) is 0 Å². The van der Waals surface area contributed by atoms with Crippen molar-refractivity contribution in [3.8, 4) is 0 Å². The van der Waals surface area contributed by atoms with Gasteiger partial charge in [-0.05, 0) is 32.8 Å². The van der Waals surface area contributed by atoms with E-state index >= 15 is 0 Å². The minimum absolute atomic E-state index is 0.00630. The molecule has 0 aromatic heterocycles. The number of nitro groups is 1. The number of nitrogens with one attached hydrogen (secondary N) is 1. The van der Waals surface area contributed by atoms with Crippen LogP contribution < -0.4 is 11.1 Å². The summed E-state index contributed by atoms with van der Waals surface area (Å²) < 4.78 is 5.21. The largest absolute Gasteiger partial charge is 0.444 e. The predicted octanol–water partition coefficient (Wildman–Crippen LogP) is 2.36. The molecular weight excluding hydrogens is 318 g/mol. The number of thiocarbonyl (C=S) groups is 1. The second-order valence-corrected chi connectivity index (χ2v) is 6.52. The number of benzene rings is 1. The standard InChI is InChI=1S/C15H21N3O4S/c1-15(2,3)22-14(19)17-12(13(23)9-16)8-10-4-6-11(7-5-10)18(20)21/h4-7,12H,8-9,16H2,1-3H3,(H,17,19)/t12-/m0/s1. The number of amides is 1. The fourth-order valence-corrected chi connectivity index (χ4v) is 1.97. The Morgan fingerprint density at radius 1 is 1.39 bits per heavy atom. The van der Waals surface area contributed by atoms with Crippen LogP contribution in [0.1, 0.15) is 26.3 Å². The number of hydrogen-bond donors (Lipinski definition) is 2. The molecule has 0 radical (unpaired) electrons. The minimum atomic E-state index is -0.619. The van der Waals surface area contributed by atoms with Crippen LogP contribution in [0.25, 0.3) is 0 Å². The van der Waals surface area contributed by atoms with E-state index in [9.17, 15) is 14.9 Å². The number of alkyl carbamates (subject to hydrolysis) is 1. The van der Waals surface area contributed by atoms with Crippen LogP contribution in [0.2, 0.25) is 0 Å². The highest BCUT2D eigenvalue weighted by atomic mass is 32.1. The molecular formula is C15H21N3O4S. The summed E-state index contributed by atoms with van der Waals surface area (Å²) in [5.41, 5.74) is 5.76. The maximum Gasteiger partial charge on any atom is 0.408 e.